The van der Waals surface area contributed by atoms with Gasteiger partial charge in [-0.1, -0.05) is 40.2 Å². The molecule has 3 rings (SSSR count). The molecule has 2 aromatic rings. The lowest BCUT2D eigenvalue weighted by Crippen LogP contribution is -2.44. The van der Waals surface area contributed by atoms with Crippen molar-refractivity contribution in [1.29, 1.82) is 0 Å². The Morgan fingerprint density at radius 3 is 2.72 bits per heavy atom. The van der Waals surface area contributed by atoms with Crippen molar-refractivity contribution in [3.05, 3.63) is 58.6 Å². The number of nitrogens with one attached hydrogen (secondary N) is 1. The Bertz CT molecular complexity index is 791. The molecule has 0 radical (unpaired) electrons. The number of ether oxygens (including phenoxy) is 2. The summed E-state index contributed by atoms with van der Waals surface area (Å²) in [6.07, 6.45) is 3.17. The van der Waals surface area contributed by atoms with Crippen molar-refractivity contribution < 1.29 is 14.3 Å². The number of para-hydroxylation sites is 1. The van der Waals surface area contributed by atoms with Gasteiger partial charge in [-0.2, -0.15) is 0 Å². The highest BCUT2D eigenvalue weighted by Gasteiger charge is 2.21. The second-order valence-electron chi connectivity index (χ2n) is 7.34. The number of carbonyl (C=O) groups excluding carboxylic acids is 1. The van der Waals surface area contributed by atoms with Crippen LogP contribution in [0.5, 0.6) is 11.5 Å². The van der Waals surface area contributed by atoms with E-state index in [1.54, 1.807) is 7.11 Å². The van der Waals surface area contributed by atoms with Gasteiger partial charge in [0.1, 0.15) is 11.5 Å². The van der Waals surface area contributed by atoms with E-state index >= 15 is 0 Å². The molecule has 0 unspecified atom stereocenters. The maximum absolute atomic E-state index is 12.2. The number of halogens is 1. The van der Waals surface area contributed by atoms with Crippen molar-refractivity contribution in [3.8, 4) is 11.5 Å². The summed E-state index contributed by atoms with van der Waals surface area (Å²) in [4.78, 5) is 14.7. The second kappa shape index (κ2) is 11.2. The van der Waals surface area contributed by atoms with Crippen LogP contribution in [0.25, 0.3) is 0 Å². The van der Waals surface area contributed by atoms with E-state index in [1.165, 1.54) is 5.56 Å². The summed E-state index contributed by atoms with van der Waals surface area (Å²) < 4.78 is 12.1. The minimum atomic E-state index is 0.117. The van der Waals surface area contributed by atoms with E-state index < -0.39 is 0 Å². The molecule has 1 saturated heterocycles. The first-order chi connectivity index (χ1) is 14.1. The number of rotatable bonds is 9. The highest BCUT2D eigenvalue weighted by Crippen LogP contribution is 2.21. The zero-order valence-electron chi connectivity index (χ0n) is 16.9. The third-order valence-corrected chi connectivity index (χ3v) is 5.65. The maximum Gasteiger partial charge on any atom is 0.220 e. The lowest BCUT2D eigenvalue weighted by Gasteiger charge is -2.32. The summed E-state index contributed by atoms with van der Waals surface area (Å²) in [5.41, 5.74) is 1.21. The van der Waals surface area contributed by atoms with Crippen LogP contribution in [0.2, 0.25) is 0 Å². The molecule has 0 saturated carbocycles. The van der Waals surface area contributed by atoms with Gasteiger partial charge in [0.15, 0.2) is 0 Å². The van der Waals surface area contributed by atoms with Gasteiger partial charge in [-0.3, -0.25) is 9.69 Å². The summed E-state index contributed by atoms with van der Waals surface area (Å²) in [5, 5.41) is 3.18. The van der Waals surface area contributed by atoms with Crippen molar-refractivity contribution in [2.24, 2.45) is 0 Å². The number of hydrogen-bond donors (Lipinski definition) is 1. The molecular weight excluding hydrogens is 432 g/mol. The molecule has 5 nitrogen and oxygen atoms in total. The quantitative estimate of drug-likeness (QED) is 0.563. The van der Waals surface area contributed by atoms with Crippen LogP contribution < -0.4 is 14.8 Å². The van der Waals surface area contributed by atoms with Crippen LogP contribution in [0.3, 0.4) is 0 Å². The van der Waals surface area contributed by atoms with Crippen LogP contribution in [0.15, 0.2) is 53.0 Å². The minimum Gasteiger partial charge on any atom is -0.496 e. The van der Waals surface area contributed by atoms with Gasteiger partial charge in [-0.25, -0.2) is 0 Å². The number of nitrogens with zero attached hydrogens (tertiary/aromatic N) is 1. The first-order valence-corrected chi connectivity index (χ1v) is 11.0. The molecule has 156 valence electrons. The van der Waals surface area contributed by atoms with E-state index in [2.05, 4.69) is 32.2 Å². The van der Waals surface area contributed by atoms with Gasteiger partial charge >= 0.3 is 0 Å². The Morgan fingerprint density at radius 2 is 1.97 bits per heavy atom. The number of piperidine rings is 1. The Morgan fingerprint density at radius 1 is 1.17 bits per heavy atom. The molecule has 0 aromatic heterocycles. The predicted molar refractivity (Wildman–Crippen MR) is 118 cm³/mol. The molecule has 0 spiro atoms. The maximum atomic E-state index is 12.2. The SMILES string of the molecule is COc1ccccc1CN1CCC(NC(=O)CCCOc2cccc(Br)c2)CC1. The topological polar surface area (TPSA) is 50.8 Å². The van der Waals surface area contributed by atoms with Gasteiger partial charge in [-0.05, 0) is 43.5 Å². The monoisotopic (exact) mass is 460 g/mol. The lowest BCUT2D eigenvalue weighted by molar-refractivity contribution is -0.122. The predicted octanol–water partition coefficient (Wildman–Crippen LogP) is 4.40. The van der Waals surface area contributed by atoms with Crippen molar-refractivity contribution >= 4 is 21.8 Å². The summed E-state index contributed by atoms with van der Waals surface area (Å²) in [6, 6.07) is 16.2. The number of benzene rings is 2. The Labute approximate surface area is 181 Å². The van der Waals surface area contributed by atoms with Gasteiger partial charge in [0.05, 0.1) is 13.7 Å². The van der Waals surface area contributed by atoms with Crippen molar-refractivity contribution in [2.45, 2.75) is 38.3 Å². The molecule has 1 aliphatic heterocycles. The normalized spacial score (nSPS) is 15.1. The van der Waals surface area contributed by atoms with Gasteiger partial charge in [0.2, 0.25) is 5.91 Å². The van der Waals surface area contributed by atoms with Crippen molar-refractivity contribution in [2.75, 3.05) is 26.8 Å². The molecule has 29 heavy (non-hydrogen) atoms. The first-order valence-electron chi connectivity index (χ1n) is 10.2. The molecule has 2 aromatic carbocycles. The Balaban J connectivity index is 1.32. The molecule has 1 heterocycles. The number of methoxy groups -OCH3 is 1. The van der Waals surface area contributed by atoms with Crippen LogP contribution in [0.1, 0.15) is 31.2 Å². The number of amides is 1. The van der Waals surface area contributed by atoms with Gasteiger partial charge in [0.25, 0.3) is 0 Å². The van der Waals surface area contributed by atoms with E-state index in [1.807, 2.05) is 42.5 Å². The van der Waals surface area contributed by atoms with Crippen molar-refractivity contribution in [1.82, 2.24) is 10.2 Å². The van der Waals surface area contributed by atoms with E-state index in [0.29, 0.717) is 19.4 Å². The average molecular weight is 461 g/mol. The fourth-order valence-corrected chi connectivity index (χ4v) is 3.97. The summed E-state index contributed by atoms with van der Waals surface area (Å²) >= 11 is 3.43. The molecule has 6 heteroatoms. The molecule has 0 aliphatic carbocycles. The van der Waals surface area contributed by atoms with Gasteiger partial charge in [-0.15, -0.1) is 0 Å². The minimum absolute atomic E-state index is 0.117. The standard InChI is InChI=1S/C23H29BrN2O3/c1-28-22-9-3-2-6-18(22)17-26-13-11-20(12-14-26)25-23(27)10-5-15-29-21-8-4-7-19(24)16-21/h2-4,6-9,16,20H,5,10-15,17H2,1H3,(H,25,27). The highest BCUT2D eigenvalue weighted by atomic mass is 79.9. The first kappa shape index (κ1) is 21.7. The highest BCUT2D eigenvalue weighted by molar-refractivity contribution is 9.10. The third-order valence-electron chi connectivity index (χ3n) is 5.15. The van der Waals surface area contributed by atoms with Crippen LogP contribution >= 0.6 is 15.9 Å². The van der Waals surface area contributed by atoms with E-state index in [0.717, 1.165) is 48.4 Å². The summed E-state index contributed by atoms with van der Waals surface area (Å²) in [6.45, 7) is 3.39. The number of carbonyl (C=O) groups is 1. The largest absolute Gasteiger partial charge is 0.496 e. The second-order valence-corrected chi connectivity index (χ2v) is 8.25. The zero-order chi connectivity index (χ0) is 20.5. The molecule has 0 bridgehead atoms. The molecule has 1 aliphatic rings. The smallest absolute Gasteiger partial charge is 0.220 e. The lowest BCUT2D eigenvalue weighted by atomic mass is 10.0. The van der Waals surface area contributed by atoms with Crippen molar-refractivity contribution in [3.63, 3.8) is 0 Å². The van der Waals surface area contributed by atoms with Crippen LogP contribution in [-0.2, 0) is 11.3 Å². The van der Waals surface area contributed by atoms with Gasteiger partial charge < -0.3 is 14.8 Å². The van der Waals surface area contributed by atoms with E-state index in [9.17, 15) is 4.79 Å². The van der Waals surface area contributed by atoms with Crippen LogP contribution in [-0.4, -0.2) is 43.7 Å². The Hall–Kier alpha value is -2.05. The summed E-state index contributed by atoms with van der Waals surface area (Å²) in [5.74, 6) is 1.88. The van der Waals surface area contributed by atoms with Crippen LogP contribution in [0.4, 0.5) is 0 Å². The average Bonchev–Trinajstić information content (AvgIpc) is 2.73. The van der Waals surface area contributed by atoms with Gasteiger partial charge in [0, 0.05) is 42.1 Å². The molecular formula is C23H29BrN2O3. The Kier molecular flexibility index (Phi) is 8.38. The summed E-state index contributed by atoms with van der Waals surface area (Å²) in [7, 11) is 1.71. The number of likely N-dealkylation sites (tertiary alicyclic amines) is 1. The molecule has 1 amide bonds. The fraction of sp³-hybridized carbons (Fsp3) is 0.435. The van der Waals surface area contributed by atoms with E-state index in [-0.39, 0.29) is 11.9 Å². The van der Waals surface area contributed by atoms with Crippen LogP contribution in [0, 0.1) is 0 Å². The molecule has 1 N–H and O–H groups in total. The molecule has 1 fully saturated rings. The third kappa shape index (κ3) is 7.05. The van der Waals surface area contributed by atoms with E-state index in [4.69, 9.17) is 9.47 Å². The zero-order valence-corrected chi connectivity index (χ0v) is 18.5. The molecule has 0 atom stereocenters. The fourth-order valence-electron chi connectivity index (χ4n) is 3.59. The number of hydrogen-bond acceptors (Lipinski definition) is 4.